The van der Waals surface area contributed by atoms with Crippen LogP contribution < -0.4 is 5.32 Å². The lowest BCUT2D eigenvalue weighted by atomic mass is 9.88. The highest BCUT2D eigenvalue weighted by Gasteiger charge is 2.34. The number of Topliss-reactive ketones (excluding diaryl/α,β-unsaturated/α-hetero) is 1. The van der Waals surface area contributed by atoms with Crippen LogP contribution in [0.4, 0.5) is 0 Å². The Balaban J connectivity index is 1.72. The summed E-state index contributed by atoms with van der Waals surface area (Å²) in [4.78, 5) is 27.4. The van der Waals surface area contributed by atoms with E-state index in [-0.39, 0.29) is 23.8 Å². The molecule has 1 amide bonds. The third-order valence-electron chi connectivity index (χ3n) is 5.89. The largest absolute Gasteiger partial charge is 0.347 e. The summed E-state index contributed by atoms with van der Waals surface area (Å²) in [5.41, 5.74) is 3.06. The topological polar surface area (TPSA) is 49.4 Å². The Labute approximate surface area is 183 Å². The third kappa shape index (κ3) is 6.07. The number of amides is 1. The number of alkyl halides is 2. The Morgan fingerprint density at radius 3 is 2.45 bits per heavy atom. The summed E-state index contributed by atoms with van der Waals surface area (Å²) in [5, 5.41) is 3.16. The van der Waals surface area contributed by atoms with Crippen molar-refractivity contribution >= 4 is 34.9 Å². The second-order valence-corrected chi connectivity index (χ2v) is 8.68. The van der Waals surface area contributed by atoms with E-state index in [0.29, 0.717) is 30.2 Å². The number of nitrogens with zero attached hydrogens (tertiary/aromatic N) is 1. The van der Waals surface area contributed by atoms with Crippen LogP contribution in [0.3, 0.4) is 0 Å². The van der Waals surface area contributed by atoms with Crippen molar-refractivity contribution in [1.82, 2.24) is 10.2 Å². The normalized spacial score (nSPS) is 22.2. The number of carbonyl (C=O) groups excluding carboxylic acids is 2. The second kappa shape index (κ2) is 11.1. The second-order valence-electron chi connectivity index (χ2n) is 7.92. The van der Waals surface area contributed by atoms with Crippen LogP contribution in [0.15, 0.2) is 30.4 Å². The SMILES string of the molecule is O=C1CCC(N2CC=CC2)C(NC(=O)c2ccc(CCCCl)c(CCCCl)c2)C1. The molecule has 2 atom stereocenters. The van der Waals surface area contributed by atoms with Gasteiger partial charge in [0.2, 0.25) is 0 Å². The molecule has 1 aromatic carbocycles. The van der Waals surface area contributed by atoms with Crippen molar-refractivity contribution in [1.29, 1.82) is 0 Å². The average Bonchev–Trinajstić information content (AvgIpc) is 3.25. The Bertz CT molecular complexity index is 742. The molecule has 0 aromatic heterocycles. The zero-order valence-corrected chi connectivity index (χ0v) is 18.4. The number of benzene rings is 1. The molecule has 0 bridgehead atoms. The molecule has 0 saturated heterocycles. The summed E-state index contributed by atoms with van der Waals surface area (Å²) in [6.45, 7) is 1.78. The summed E-state index contributed by atoms with van der Waals surface area (Å²) in [5.74, 6) is 1.36. The van der Waals surface area contributed by atoms with E-state index in [1.807, 2.05) is 18.2 Å². The van der Waals surface area contributed by atoms with Gasteiger partial charge in [-0.15, -0.1) is 23.2 Å². The van der Waals surface area contributed by atoms with Crippen LogP contribution in [0, 0.1) is 0 Å². The molecule has 1 aliphatic carbocycles. The maximum Gasteiger partial charge on any atom is 0.251 e. The standard InChI is InChI=1S/C23H30Cl2N2O2/c24-11-3-5-17-7-8-19(15-18(17)6-4-12-25)23(29)26-21-16-20(28)9-10-22(21)27-13-1-2-14-27/h1-2,7-8,15,21-22H,3-6,9-14,16H2,(H,26,29). The van der Waals surface area contributed by atoms with Crippen molar-refractivity contribution in [2.24, 2.45) is 0 Å². The minimum atomic E-state index is -0.133. The van der Waals surface area contributed by atoms with E-state index in [2.05, 4.69) is 22.4 Å². The van der Waals surface area contributed by atoms with Gasteiger partial charge in [0, 0.05) is 49.3 Å². The Kier molecular flexibility index (Phi) is 8.58. The molecular weight excluding hydrogens is 407 g/mol. The highest BCUT2D eigenvalue weighted by atomic mass is 35.5. The smallest absolute Gasteiger partial charge is 0.251 e. The van der Waals surface area contributed by atoms with E-state index in [0.717, 1.165) is 45.2 Å². The van der Waals surface area contributed by atoms with E-state index in [9.17, 15) is 9.59 Å². The number of carbonyl (C=O) groups is 2. The maximum absolute atomic E-state index is 13.0. The number of hydrogen-bond acceptors (Lipinski definition) is 3. The van der Waals surface area contributed by atoms with Crippen molar-refractivity contribution < 1.29 is 9.59 Å². The zero-order chi connectivity index (χ0) is 20.6. The summed E-state index contributed by atoms with van der Waals surface area (Å²) in [7, 11) is 0. The molecular formula is C23H30Cl2N2O2. The Hall–Kier alpha value is -1.36. The molecule has 158 valence electrons. The van der Waals surface area contributed by atoms with Gasteiger partial charge in [-0.2, -0.15) is 0 Å². The molecule has 3 rings (SSSR count). The van der Waals surface area contributed by atoms with Gasteiger partial charge in [0.1, 0.15) is 5.78 Å². The molecule has 1 N–H and O–H groups in total. The van der Waals surface area contributed by atoms with Crippen molar-refractivity contribution in [3.8, 4) is 0 Å². The monoisotopic (exact) mass is 436 g/mol. The van der Waals surface area contributed by atoms with Crippen LogP contribution in [-0.2, 0) is 17.6 Å². The van der Waals surface area contributed by atoms with Crippen molar-refractivity contribution in [2.45, 2.75) is 57.0 Å². The van der Waals surface area contributed by atoms with Gasteiger partial charge >= 0.3 is 0 Å². The first-order valence-electron chi connectivity index (χ1n) is 10.6. The van der Waals surface area contributed by atoms with Gasteiger partial charge in [-0.25, -0.2) is 0 Å². The van der Waals surface area contributed by atoms with Gasteiger partial charge < -0.3 is 5.32 Å². The van der Waals surface area contributed by atoms with Crippen molar-refractivity contribution in [3.63, 3.8) is 0 Å². The van der Waals surface area contributed by atoms with Gasteiger partial charge in [0.15, 0.2) is 0 Å². The maximum atomic E-state index is 13.0. The molecule has 2 aliphatic rings. The molecule has 1 aromatic rings. The predicted molar refractivity (Wildman–Crippen MR) is 119 cm³/mol. The number of ketones is 1. The van der Waals surface area contributed by atoms with E-state index >= 15 is 0 Å². The summed E-state index contributed by atoms with van der Waals surface area (Å²) >= 11 is 11.7. The van der Waals surface area contributed by atoms with Crippen LogP contribution >= 0.6 is 23.2 Å². The van der Waals surface area contributed by atoms with Gasteiger partial charge in [-0.1, -0.05) is 18.2 Å². The lowest BCUT2D eigenvalue weighted by molar-refractivity contribution is -0.121. The first-order valence-corrected chi connectivity index (χ1v) is 11.6. The number of hydrogen-bond donors (Lipinski definition) is 1. The quantitative estimate of drug-likeness (QED) is 0.467. The van der Waals surface area contributed by atoms with Crippen LogP contribution in [-0.4, -0.2) is 53.5 Å². The molecule has 29 heavy (non-hydrogen) atoms. The lowest BCUT2D eigenvalue weighted by Crippen LogP contribution is -2.54. The molecule has 1 aliphatic heterocycles. The molecule has 0 radical (unpaired) electrons. The minimum absolute atomic E-state index is 0.0992. The molecule has 4 nitrogen and oxygen atoms in total. The molecule has 1 saturated carbocycles. The van der Waals surface area contributed by atoms with Crippen LogP contribution in [0.1, 0.15) is 53.6 Å². The van der Waals surface area contributed by atoms with E-state index in [4.69, 9.17) is 23.2 Å². The van der Waals surface area contributed by atoms with Crippen LogP contribution in [0.5, 0.6) is 0 Å². The highest BCUT2D eigenvalue weighted by molar-refractivity contribution is 6.18. The third-order valence-corrected chi connectivity index (χ3v) is 6.43. The number of nitrogens with one attached hydrogen (secondary N) is 1. The fourth-order valence-electron chi connectivity index (χ4n) is 4.35. The predicted octanol–water partition coefficient (Wildman–Crippen LogP) is 4.12. The van der Waals surface area contributed by atoms with Gasteiger partial charge in [-0.05, 0) is 55.4 Å². The fourth-order valence-corrected chi connectivity index (χ4v) is 4.62. The van der Waals surface area contributed by atoms with E-state index < -0.39 is 0 Å². The summed E-state index contributed by atoms with van der Waals surface area (Å²) in [6, 6.07) is 6.00. The number of aryl methyl sites for hydroxylation is 2. The number of halogens is 2. The number of rotatable bonds is 9. The summed E-state index contributed by atoms with van der Waals surface area (Å²) in [6.07, 6.45) is 9.68. The lowest BCUT2D eigenvalue weighted by Gasteiger charge is -2.37. The molecule has 1 fully saturated rings. The van der Waals surface area contributed by atoms with Crippen molar-refractivity contribution in [2.75, 3.05) is 24.8 Å². The molecule has 0 spiro atoms. The molecule has 6 heteroatoms. The minimum Gasteiger partial charge on any atom is -0.347 e. The Morgan fingerprint density at radius 2 is 1.76 bits per heavy atom. The van der Waals surface area contributed by atoms with Crippen LogP contribution in [0.25, 0.3) is 0 Å². The highest BCUT2D eigenvalue weighted by Crippen LogP contribution is 2.24. The molecule has 1 heterocycles. The fraction of sp³-hybridized carbons (Fsp3) is 0.565. The van der Waals surface area contributed by atoms with Gasteiger partial charge in [-0.3, -0.25) is 14.5 Å². The van der Waals surface area contributed by atoms with Crippen molar-refractivity contribution in [3.05, 3.63) is 47.0 Å². The average molecular weight is 437 g/mol. The molecule has 2 unspecified atom stereocenters. The first-order chi connectivity index (χ1) is 14.1. The first kappa shape index (κ1) is 22.3. The van der Waals surface area contributed by atoms with Gasteiger partial charge in [0.05, 0.1) is 6.04 Å². The van der Waals surface area contributed by atoms with Gasteiger partial charge in [0.25, 0.3) is 5.91 Å². The van der Waals surface area contributed by atoms with Crippen LogP contribution in [0.2, 0.25) is 0 Å². The summed E-state index contributed by atoms with van der Waals surface area (Å²) < 4.78 is 0. The van der Waals surface area contributed by atoms with E-state index in [1.54, 1.807) is 0 Å². The Morgan fingerprint density at radius 1 is 1.07 bits per heavy atom. The van der Waals surface area contributed by atoms with E-state index in [1.165, 1.54) is 11.1 Å². The zero-order valence-electron chi connectivity index (χ0n) is 16.8.